The van der Waals surface area contributed by atoms with Crippen molar-refractivity contribution in [3.05, 3.63) is 65.2 Å². The molecule has 2 aliphatic rings. The van der Waals surface area contributed by atoms with Crippen LogP contribution in [0.4, 0.5) is 0 Å². The number of aliphatic hydroxyl groups is 2. The average molecular weight is 575 g/mol. The predicted molar refractivity (Wildman–Crippen MR) is 141 cm³/mol. The summed E-state index contributed by atoms with van der Waals surface area (Å²) >= 11 is 0. The zero-order valence-corrected chi connectivity index (χ0v) is 21.9. The van der Waals surface area contributed by atoms with Gasteiger partial charge >= 0.3 is 26.8 Å². The van der Waals surface area contributed by atoms with Crippen LogP contribution in [0, 0.1) is 13.8 Å². The van der Waals surface area contributed by atoms with Crippen LogP contribution in [0.15, 0.2) is 31.6 Å². The minimum absolute atomic E-state index is 0. The molecule has 2 aliphatic heterocycles. The Bertz CT molecular complexity index is 1380. The maximum absolute atomic E-state index is 12.2. The summed E-state index contributed by atoms with van der Waals surface area (Å²) < 4.78 is 24.5. The van der Waals surface area contributed by atoms with E-state index >= 15 is 0 Å². The molecule has 0 aromatic carbocycles. The van der Waals surface area contributed by atoms with E-state index < -0.39 is 80.4 Å². The van der Waals surface area contributed by atoms with Gasteiger partial charge in [-0.1, -0.05) is 7.43 Å². The summed E-state index contributed by atoms with van der Waals surface area (Å²) in [5, 5.41) is 20.1. The molecule has 0 aliphatic carbocycles. The number of H-pyrrole nitrogens is 2. The van der Waals surface area contributed by atoms with Crippen molar-refractivity contribution in [3.63, 3.8) is 0 Å². The molecular weight excluding hydrogens is 540 g/mol. The van der Waals surface area contributed by atoms with E-state index in [4.69, 9.17) is 26.1 Å². The number of hydrogen-bond donors (Lipinski definition) is 6. The van der Waals surface area contributed by atoms with Crippen molar-refractivity contribution in [2.24, 2.45) is 0 Å². The van der Waals surface area contributed by atoms with E-state index in [0.717, 1.165) is 9.13 Å². The van der Waals surface area contributed by atoms with Crippen LogP contribution in [0.25, 0.3) is 0 Å². The summed E-state index contributed by atoms with van der Waals surface area (Å²) in [6.45, 7) is 2.12. The van der Waals surface area contributed by atoms with Gasteiger partial charge in [0.1, 0.15) is 37.4 Å². The quantitative estimate of drug-likeness (QED) is 0.163. The van der Waals surface area contributed by atoms with Crippen molar-refractivity contribution in [1.29, 1.82) is 0 Å². The van der Waals surface area contributed by atoms with Gasteiger partial charge in [-0.15, -0.1) is 0 Å². The van der Waals surface area contributed by atoms with Gasteiger partial charge in [-0.2, -0.15) is 9.05 Å². The summed E-state index contributed by atoms with van der Waals surface area (Å²) in [5.74, 6) is 0. The van der Waals surface area contributed by atoms with Gasteiger partial charge in [-0.25, -0.2) is 14.5 Å². The summed E-state index contributed by atoms with van der Waals surface area (Å²) in [6.07, 6.45) is -3.15. The fraction of sp³-hybridized carbons (Fsp3) is 0.619. The van der Waals surface area contributed by atoms with Gasteiger partial charge in [-0.05, 0) is 13.8 Å². The van der Waals surface area contributed by atoms with Crippen molar-refractivity contribution in [2.45, 2.75) is 71.0 Å². The Kier molecular flexibility index (Phi) is 10.7. The number of ether oxygens (including phenoxy) is 2. The normalized spacial score (nSPS) is 27.9. The molecule has 2 radical (unpaired) electrons. The highest BCUT2D eigenvalue weighted by molar-refractivity contribution is 7.85. The van der Waals surface area contributed by atoms with Gasteiger partial charge in [-0.3, -0.25) is 28.7 Å². The molecule has 4 heterocycles. The van der Waals surface area contributed by atoms with Gasteiger partial charge in [0, 0.05) is 36.4 Å². The number of aryl methyl sites for hydroxylation is 2. The first-order valence-electron chi connectivity index (χ1n) is 11.4. The molecule has 0 saturated carbocycles. The molecule has 3 unspecified atom stereocenters. The minimum atomic E-state index is -4.03. The second-order valence-corrected chi connectivity index (χ2v) is 10.5. The van der Waals surface area contributed by atoms with E-state index in [0.29, 0.717) is 0 Å². The van der Waals surface area contributed by atoms with Crippen molar-refractivity contribution >= 4 is 15.4 Å². The maximum atomic E-state index is 12.2. The molecule has 0 spiro atoms. The third-order valence-corrected chi connectivity index (χ3v) is 7.28. The molecule has 9 N–H and O–H groups in total. The third-order valence-electron chi connectivity index (χ3n) is 6.19. The number of hydrogen-bond acceptors (Lipinski definition) is 11. The topological polar surface area (TPSA) is 244 Å². The number of rotatable bonds is 8. The molecule has 39 heavy (non-hydrogen) atoms. The van der Waals surface area contributed by atoms with Crippen LogP contribution in [0.2, 0.25) is 0 Å². The maximum Gasteiger partial charge on any atom is 0.488 e. The van der Waals surface area contributed by atoms with Crippen molar-refractivity contribution in [2.75, 3.05) is 13.2 Å². The third kappa shape index (κ3) is 7.19. The van der Waals surface area contributed by atoms with Crippen molar-refractivity contribution in [1.82, 2.24) is 25.3 Å². The molecule has 4 rings (SSSR count). The molecule has 2 aromatic heterocycles. The zero-order chi connectivity index (χ0) is 27.1. The lowest BCUT2D eigenvalue weighted by Crippen LogP contribution is -2.33. The number of aliphatic hydroxyl groups excluding tert-OH is 2. The van der Waals surface area contributed by atoms with Crippen LogP contribution >= 0.6 is 7.82 Å². The first-order chi connectivity index (χ1) is 17.4. The molecule has 0 bridgehead atoms. The SMILES string of the molecule is C.[B][P+](O)(OC[C@H]1O[C@@H](n2cc(C)c(=O)[nH]c2=O)CC1O)OC1C[C@H](n2cc(C)c(=O)[nH]c2=O)O[C@@H]1CO.[NH4+]. The Hall–Kier alpha value is -2.47. The molecule has 216 valence electrons. The molecule has 0 amide bonds. The second kappa shape index (κ2) is 12.8. The van der Waals surface area contributed by atoms with Crippen molar-refractivity contribution < 1.29 is 33.6 Å². The van der Waals surface area contributed by atoms with Gasteiger partial charge in [0.2, 0.25) is 0 Å². The Labute approximate surface area is 224 Å². The summed E-state index contributed by atoms with van der Waals surface area (Å²) in [4.78, 5) is 62.4. The number of nitrogens with one attached hydrogen (secondary N) is 2. The van der Waals surface area contributed by atoms with Crippen LogP contribution in [0.5, 0.6) is 0 Å². The predicted octanol–water partition coefficient (Wildman–Crippen LogP) is -1.12. The average Bonchev–Trinajstić information content (AvgIpc) is 3.39. The fourth-order valence-electron chi connectivity index (χ4n) is 4.19. The Morgan fingerprint density at radius 2 is 1.49 bits per heavy atom. The lowest BCUT2D eigenvalue weighted by atomic mass is 10.2. The number of aromatic nitrogens is 4. The molecular formula is C21H35BN5O11P+2. The van der Waals surface area contributed by atoms with E-state index in [1.807, 2.05) is 0 Å². The summed E-state index contributed by atoms with van der Waals surface area (Å²) in [5.41, 5.74) is -1.95. The Balaban J connectivity index is 0.00000267. The zero-order valence-electron chi connectivity index (χ0n) is 21.0. The van der Waals surface area contributed by atoms with E-state index in [1.54, 1.807) is 0 Å². The molecule has 18 heteroatoms. The van der Waals surface area contributed by atoms with E-state index in [-0.39, 0.29) is 37.5 Å². The molecule has 2 aromatic rings. The minimum Gasteiger partial charge on any atom is -0.394 e. The van der Waals surface area contributed by atoms with Gasteiger partial charge in [0.05, 0.1) is 12.7 Å². The number of nitrogens with zero attached hydrogens (tertiary/aromatic N) is 2. The molecule has 16 nitrogen and oxygen atoms in total. The van der Waals surface area contributed by atoms with E-state index in [9.17, 15) is 34.3 Å². The highest BCUT2D eigenvalue weighted by atomic mass is 31.2. The summed E-state index contributed by atoms with van der Waals surface area (Å²) in [6, 6.07) is 0. The van der Waals surface area contributed by atoms with Gasteiger partial charge in [0.15, 0.2) is 0 Å². The molecule has 2 fully saturated rings. The summed E-state index contributed by atoms with van der Waals surface area (Å²) in [7, 11) is 1.81. The first kappa shape index (κ1) is 32.7. The van der Waals surface area contributed by atoms with Gasteiger partial charge in [0.25, 0.3) is 11.1 Å². The van der Waals surface area contributed by atoms with Crippen LogP contribution in [-0.2, 0) is 18.5 Å². The lowest BCUT2D eigenvalue weighted by molar-refractivity contribution is -0.0538. The Morgan fingerprint density at radius 3 is 2.00 bits per heavy atom. The van der Waals surface area contributed by atoms with Crippen LogP contribution in [0.3, 0.4) is 0 Å². The highest BCUT2D eigenvalue weighted by Gasteiger charge is 2.48. The van der Waals surface area contributed by atoms with Crippen LogP contribution in [0.1, 0.15) is 43.9 Å². The number of quaternary nitrogens is 1. The van der Waals surface area contributed by atoms with Crippen LogP contribution in [-0.4, -0.2) is 79.4 Å². The Morgan fingerprint density at radius 1 is 1.00 bits per heavy atom. The largest absolute Gasteiger partial charge is 0.488 e. The molecule has 2 saturated heterocycles. The number of aromatic amines is 2. The standard InChI is InChI=1S/C20H27BN4O11P.CH4.H3N/c1-9-5-24(19(30)22-17(9)28)15-3-11(27)14(35-15)8-33-37(21,32)36-12-4-16(34-13(12)7-26)25-6-10(2)18(29)23-20(25)31;;/h5-6,11-16,26-27,32H,3-4,7-8H2,1-2H3,(H,22,28,30)(H,23,29,31);1H4;1H3/q+1;;/p+1/t11?,12?,13-,14-,15-,16-,37?;;/m1../s1. The monoisotopic (exact) mass is 575 g/mol. The fourth-order valence-corrected chi connectivity index (χ4v) is 5.22. The van der Waals surface area contributed by atoms with E-state index in [1.165, 1.54) is 26.2 Å². The molecule has 7 atom stereocenters. The van der Waals surface area contributed by atoms with Crippen LogP contribution < -0.4 is 28.6 Å². The van der Waals surface area contributed by atoms with E-state index in [2.05, 4.69) is 9.97 Å². The second-order valence-electron chi connectivity index (χ2n) is 8.94. The van der Waals surface area contributed by atoms with Crippen molar-refractivity contribution in [3.8, 4) is 0 Å². The van der Waals surface area contributed by atoms with Gasteiger partial charge < -0.3 is 25.8 Å². The highest BCUT2D eigenvalue weighted by Crippen LogP contribution is 2.55. The lowest BCUT2D eigenvalue weighted by Gasteiger charge is -2.22. The first-order valence-corrected chi connectivity index (χ1v) is 13.0. The smallest absolute Gasteiger partial charge is 0.394 e.